The number of carbonyl (C=O) groups is 1. The molecular formula is C19H23FN4O2. The molecule has 3 rings (SSSR count). The Bertz CT molecular complexity index is 863. The number of amides is 1. The number of rotatable bonds is 4. The van der Waals surface area contributed by atoms with Crippen LogP contribution in [-0.2, 0) is 30.8 Å². The summed E-state index contributed by atoms with van der Waals surface area (Å²) in [7, 11) is 3.83. The van der Waals surface area contributed by atoms with Gasteiger partial charge < -0.3 is 9.80 Å². The molecule has 0 N–H and O–H groups in total. The summed E-state index contributed by atoms with van der Waals surface area (Å²) in [5.74, 6) is 0.175. The summed E-state index contributed by atoms with van der Waals surface area (Å²) < 4.78 is 15.0. The highest BCUT2D eigenvalue weighted by molar-refractivity contribution is 5.78. The fraction of sp³-hybridized carbons (Fsp3) is 0.421. The number of nitrogens with zero attached hydrogens (tertiary/aromatic N) is 4. The van der Waals surface area contributed by atoms with E-state index in [1.807, 2.05) is 19.0 Å². The Morgan fingerprint density at radius 3 is 2.81 bits per heavy atom. The molecule has 0 fully saturated rings. The third-order valence-corrected chi connectivity index (χ3v) is 4.36. The Hall–Kier alpha value is -2.54. The minimum Gasteiger partial charge on any atom is -0.335 e. The Balaban J connectivity index is 1.81. The summed E-state index contributed by atoms with van der Waals surface area (Å²) in [6.07, 6.45) is 0.829. The molecule has 7 heteroatoms. The third kappa shape index (κ3) is 4.35. The average Bonchev–Trinajstić information content (AvgIpc) is 2.77. The molecule has 0 aliphatic carbocycles. The van der Waals surface area contributed by atoms with Gasteiger partial charge in [0.2, 0.25) is 5.91 Å². The van der Waals surface area contributed by atoms with Gasteiger partial charge in [-0.3, -0.25) is 14.2 Å². The minimum absolute atomic E-state index is 0.0775. The number of fused-ring (bicyclic) bond motifs is 1. The van der Waals surface area contributed by atoms with Crippen molar-refractivity contribution in [3.63, 3.8) is 0 Å². The van der Waals surface area contributed by atoms with Crippen molar-refractivity contribution < 1.29 is 9.18 Å². The molecule has 2 heterocycles. The highest BCUT2D eigenvalue weighted by Crippen LogP contribution is 2.13. The maximum atomic E-state index is 13.3. The molecule has 0 bridgehead atoms. The molecule has 0 unspecified atom stereocenters. The first kappa shape index (κ1) is 18.3. The highest BCUT2D eigenvalue weighted by atomic mass is 19.1. The molecule has 0 saturated carbocycles. The first-order valence-electron chi connectivity index (χ1n) is 8.69. The number of benzene rings is 1. The second-order valence-corrected chi connectivity index (χ2v) is 6.87. The second-order valence-electron chi connectivity index (χ2n) is 6.87. The van der Waals surface area contributed by atoms with Crippen molar-refractivity contribution in [1.82, 2.24) is 19.4 Å². The van der Waals surface area contributed by atoms with Crippen molar-refractivity contribution in [3.8, 4) is 0 Å². The molecule has 0 spiro atoms. The van der Waals surface area contributed by atoms with E-state index in [1.165, 1.54) is 12.1 Å². The summed E-state index contributed by atoms with van der Waals surface area (Å²) in [5.41, 5.74) is 1.27. The summed E-state index contributed by atoms with van der Waals surface area (Å²) >= 11 is 0. The zero-order valence-electron chi connectivity index (χ0n) is 15.1. The standard InChI is InChI=1S/C19H23FN4O2/c1-22(2)12-16-11-19(26)24-8-4-7-23(13-17(24)21-16)18(25)10-14-5-3-6-15(20)9-14/h3,5-6,9,11H,4,7-8,10,12-13H2,1-2H3. The topological polar surface area (TPSA) is 58.4 Å². The van der Waals surface area contributed by atoms with Crippen LogP contribution in [0.2, 0.25) is 0 Å². The number of halogens is 1. The molecular weight excluding hydrogens is 335 g/mol. The van der Waals surface area contributed by atoms with Crippen molar-refractivity contribution in [2.45, 2.75) is 32.5 Å². The van der Waals surface area contributed by atoms with E-state index in [4.69, 9.17) is 0 Å². The first-order valence-corrected chi connectivity index (χ1v) is 8.69. The maximum absolute atomic E-state index is 13.3. The van der Waals surface area contributed by atoms with E-state index in [0.29, 0.717) is 49.7 Å². The lowest BCUT2D eigenvalue weighted by molar-refractivity contribution is -0.131. The fourth-order valence-corrected chi connectivity index (χ4v) is 3.19. The van der Waals surface area contributed by atoms with Gasteiger partial charge in [0.05, 0.1) is 18.7 Å². The van der Waals surface area contributed by atoms with Crippen molar-refractivity contribution in [1.29, 1.82) is 0 Å². The Morgan fingerprint density at radius 2 is 2.08 bits per heavy atom. The van der Waals surface area contributed by atoms with Crippen molar-refractivity contribution in [2.75, 3.05) is 20.6 Å². The SMILES string of the molecule is CN(C)Cc1cc(=O)n2c(n1)CN(C(=O)Cc1cccc(F)c1)CCC2. The molecule has 26 heavy (non-hydrogen) atoms. The molecule has 6 nitrogen and oxygen atoms in total. The third-order valence-electron chi connectivity index (χ3n) is 4.36. The Morgan fingerprint density at radius 1 is 1.27 bits per heavy atom. The summed E-state index contributed by atoms with van der Waals surface area (Å²) in [6.45, 7) is 1.97. The average molecular weight is 358 g/mol. The first-order chi connectivity index (χ1) is 12.4. The molecule has 1 aromatic carbocycles. The van der Waals surface area contributed by atoms with Crippen LogP contribution in [0.3, 0.4) is 0 Å². The van der Waals surface area contributed by atoms with Crippen LogP contribution in [0.1, 0.15) is 23.5 Å². The van der Waals surface area contributed by atoms with Gasteiger partial charge in [-0.25, -0.2) is 9.37 Å². The predicted molar refractivity (Wildman–Crippen MR) is 96.0 cm³/mol. The van der Waals surface area contributed by atoms with Gasteiger partial charge in [-0.2, -0.15) is 0 Å². The van der Waals surface area contributed by atoms with Crippen LogP contribution in [0.4, 0.5) is 4.39 Å². The molecule has 1 aliphatic rings. The van der Waals surface area contributed by atoms with Crippen molar-refractivity contribution in [2.24, 2.45) is 0 Å². The molecule has 2 aromatic rings. The molecule has 0 atom stereocenters. The van der Waals surface area contributed by atoms with E-state index in [-0.39, 0.29) is 23.7 Å². The summed E-state index contributed by atoms with van der Waals surface area (Å²) in [4.78, 5) is 33.3. The van der Waals surface area contributed by atoms with E-state index in [1.54, 1.807) is 27.7 Å². The lowest BCUT2D eigenvalue weighted by Gasteiger charge is -2.20. The van der Waals surface area contributed by atoms with Gasteiger partial charge in [-0.05, 0) is 38.2 Å². The zero-order chi connectivity index (χ0) is 18.7. The van der Waals surface area contributed by atoms with Gasteiger partial charge in [-0.15, -0.1) is 0 Å². The zero-order valence-corrected chi connectivity index (χ0v) is 15.1. The molecule has 1 amide bonds. The quantitative estimate of drug-likeness (QED) is 0.829. The monoisotopic (exact) mass is 358 g/mol. The van der Waals surface area contributed by atoms with Gasteiger partial charge in [0, 0.05) is 25.7 Å². The molecule has 0 saturated heterocycles. The van der Waals surface area contributed by atoms with E-state index in [0.717, 1.165) is 0 Å². The normalized spacial score (nSPS) is 14.2. The maximum Gasteiger partial charge on any atom is 0.253 e. The lowest BCUT2D eigenvalue weighted by atomic mass is 10.1. The number of carbonyl (C=O) groups excluding carboxylic acids is 1. The summed E-state index contributed by atoms with van der Waals surface area (Å²) in [6, 6.07) is 7.64. The van der Waals surface area contributed by atoms with E-state index < -0.39 is 0 Å². The molecule has 138 valence electrons. The number of hydrogen-bond acceptors (Lipinski definition) is 4. The van der Waals surface area contributed by atoms with Gasteiger partial charge in [0.15, 0.2) is 0 Å². The Labute approximate surface area is 151 Å². The second kappa shape index (κ2) is 7.78. The Kier molecular flexibility index (Phi) is 5.46. The molecule has 1 aromatic heterocycles. The predicted octanol–water partition coefficient (Wildman–Crippen LogP) is 1.42. The lowest BCUT2D eigenvalue weighted by Crippen LogP contribution is -2.33. The fourth-order valence-electron chi connectivity index (χ4n) is 3.19. The van der Waals surface area contributed by atoms with Gasteiger partial charge in [-0.1, -0.05) is 12.1 Å². The largest absolute Gasteiger partial charge is 0.335 e. The van der Waals surface area contributed by atoms with Crippen LogP contribution in [0.5, 0.6) is 0 Å². The smallest absolute Gasteiger partial charge is 0.253 e. The van der Waals surface area contributed by atoms with Crippen LogP contribution in [0.25, 0.3) is 0 Å². The van der Waals surface area contributed by atoms with Gasteiger partial charge in [0.25, 0.3) is 5.56 Å². The van der Waals surface area contributed by atoms with E-state index in [9.17, 15) is 14.0 Å². The van der Waals surface area contributed by atoms with Crippen LogP contribution in [-0.4, -0.2) is 45.9 Å². The van der Waals surface area contributed by atoms with Crippen LogP contribution in [0, 0.1) is 5.82 Å². The molecule has 1 aliphatic heterocycles. The number of hydrogen-bond donors (Lipinski definition) is 0. The highest BCUT2D eigenvalue weighted by Gasteiger charge is 2.21. The minimum atomic E-state index is -0.349. The van der Waals surface area contributed by atoms with Crippen LogP contribution in [0.15, 0.2) is 35.1 Å². The van der Waals surface area contributed by atoms with Crippen molar-refractivity contribution >= 4 is 5.91 Å². The number of aromatic nitrogens is 2. The van der Waals surface area contributed by atoms with Crippen LogP contribution >= 0.6 is 0 Å². The summed E-state index contributed by atoms with van der Waals surface area (Å²) in [5, 5.41) is 0. The van der Waals surface area contributed by atoms with E-state index >= 15 is 0 Å². The van der Waals surface area contributed by atoms with Crippen LogP contribution < -0.4 is 5.56 Å². The molecule has 0 radical (unpaired) electrons. The van der Waals surface area contributed by atoms with Gasteiger partial charge >= 0.3 is 0 Å². The van der Waals surface area contributed by atoms with E-state index in [2.05, 4.69) is 4.98 Å². The van der Waals surface area contributed by atoms with Gasteiger partial charge in [0.1, 0.15) is 11.6 Å². The van der Waals surface area contributed by atoms with Crippen molar-refractivity contribution in [3.05, 3.63) is 63.6 Å².